The maximum absolute atomic E-state index is 13.2. The lowest BCUT2D eigenvalue weighted by Crippen LogP contribution is -2.46. The second-order valence-corrected chi connectivity index (χ2v) is 11.0. The molecule has 0 bridgehead atoms. The smallest absolute Gasteiger partial charge is 0.256 e. The lowest BCUT2D eigenvalue weighted by molar-refractivity contribution is 0.0951. The van der Waals surface area contributed by atoms with Crippen LogP contribution in [0.2, 0.25) is 0 Å². The summed E-state index contributed by atoms with van der Waals surface area (Å²) < 4.78 is 12.6. The zero-order valence-corrected chi connectivity index (χ0v) is 24.4. The van der Waals surface area contributed by atoms with Crippen LogP contribution in [0.15, 0.2) is 89.7 Å². The van der Waals surface area contributed by atoms with Crippen LogP contribution in [-0.4, -0.2) is 58.3 Å². The van der Waals surface area contributed by atoms with Crippen molar-refractivity contribution in [2.75, 3.05) is 37.9 Å². The number of piperazine rings is 1. The van der Waals surface area contributed by atoms with Crippen molar-refractivity contribution in [1.29, 1.82) is 0 Å². The summed E-state index contributed by atoms with van der Waals surface area (Å²) >= 11 is 0. The molecule has 1 fully saturated rings. The van der Waals surface area contributed by atoms with Crippen LogP contribution in [0.25, 0.3) is 16.7 Å². The number of pyridine rings is 1. The fourth-order valence-electron chi connectivity index (χ4n) is 5.69. The first-order valence-electron chi connectivity index (χ1n) is 14.7. The van der Waals surface area contributed by atoms with Gasteiger partial charge in [-0.05, 0) is 60.5 Å². The second-order valence-electron chi connectivity index (χ2n) is 11.0. The summed E-state index contributed by atoms with van der Waals surface area (Å²) in [5, 5.41) is 3.75. The van der Waals surface area contributed by atoms with Crippen LogP contribution in [0.3, 0.4) is 0 Å². The highest BCUT2D eigenvalue weighted by atomic mass is 16.7. The Kier molecular flexibility index (Phi) is 7.41. The molecule has 1 saturated heterocycles. The van der Waals surface area contributed by atoms with Gasteiger partial charge in [-0.1, -0.05) is 36.4 Å². The molecule has 0 unspecified atom stereocenters. The molecule has 2 aliphatic rings. The van der Waals surface area contributed by atoms with Gasteiger partial charge in [0.25, 0.3) is 11.5 Å². The van der Waals surface area contributed by atoms with E-state index < -0.39 is 0 Å². The van der Waals surface area contributed by atoms with Crippen molar-refractivity contribution in [3.05, 3.63) is 118 Å². The van der Waals surface area contributed by atoms with E-state index in [1.54, 1.807) is 34.9 Å². The molecular formula is C34H32N6O4. The fraction of sp³-hybridized carbons (Fsp3) is 0.235. The van der Waals surface area contributed by atoms with Crippen molar-refractivity contribution < 1.29 is 14.3 Å². The number of aryl methyl sites for hydroxylation is 1. The number of nitrogens with zero attached hydrogens (tertiary/aromatic N) is 5. The quantitative estimate of drug-likeness (QED) is 0.304. The van der Waals surface area contributed by atoms with Gasteiger partial charge in [-0.3, -0.25) is 19.1 Å². The summed E-state index contributed by atoms with van der Waals surface area (Å²) in [6.45, 7) is 6.71. The van der Waals surface area contributed by atoms with E-state index in [1.165, 1.54) is 11.6 Å². The van der Waals surface area contributed by atoms with Crippen molar-refractivity contribution in [3.63, 3.8) is 0 Å². The first kappa shape index (κ1) is 27.6. The standard InChI is InChI=1S/C34H32N6O4/c1-23-28-12-14-31(41)40(27-10-8-26(9-11-27)33(42)35-20-24-5-3-2-4-6-24)32(28)37-34(36-23)39-17-15-38(16-18-39)21-25-7-13-29-30(19-25)44-22-43-29/h2-14,19H,15-18,20-22H2,1H3,(H,35,42). The molecule has 1 amide bonds. The maximum atomic E-state index is 13.2. The number of nitrogens with one attached hydrogen (secondary N) is 1. The van der Waals surface area contributed by atoms with E-state index in [2.05, 4.69) is 21.2 Å². The molecule has 3 aromatic carbocycles. The Labute approximate surface area is 254 Å². The average Bonchev–Trinajstić information content (AvgIpc) is 3.52. The number of ether oxygens (including phenoxy) is 2. The minimum Gasteiger partial charge on any atom is -0.454 e. The molecule has 44 heavy (non-hydrogen) atoms. The maximum Gasteiger partial charge on any atom is 0.256 e. The van der Waals surface area contributed by atoms with Crippen LogP contribution in [0, 0.1) is 6.92 Å². The topological polar surface area (TPSA) is 102 Å². The summed E-state index contributed by atoms with van der Waals surface area (Å²) in [4.78, 5) is 40.2. The van der Waals surface area contributed by atoms with Gasteiger partial charge in [0.1, 0.15) is 0 Å². The summed E-state index contributed by atoms with van der Waals surface area (Å²) in [6.07, 6.45) is 0. The van der Waals surface area contributed by atoms with Crippen molar-refractivity contribution in [3.8, 4) is 17.2 Å². The van der Waals surface area contributed by atoms with Crippen molar-refractivity contribution in [1.82, 2.24) is 24.8 Å². The lowest BCUT2D eigenvalue weighted by Gasteiger charge is -2.35. The SMILES string of the molecule is Cc1nc(N2CCN(Cc3ccc4c(c3)OCO4)CC2)nc2c1ccc(=O)n2-c1ccc(C(=O)NCc2ccccc2)cc1. The van der Waals surface area contributed by atoms with Gasteiger partial charge < -0.3 is 19.7 Å². The van der Waals surface area contributed by atoms with Gasteiger partial charge in [0.05, 0.1) is 11.4 Å². The number of carbonyl (C=O) groups is 1. The number of aromatic nitrogens is 3. The molecule has 0 saturated carbocycles. The van der Waals surface area contributed by atoms with Gasteiger partial charge in [-0.15, -0.1) is 0 Å². The summed E-state index contributed by atoms with van der Waals surface area (Å²) in [6, 6.07) is 26.2. The average molecular weight is 589 g/mol. The van der Waals surface area contributed by atoms with Crippen LogP contribution in [0.1, 0.15) is 27.2 Å². The van der Waals surface area contributed by atoms with E-state index in [0.29, 0.717) is 29.4 Å². The van der Waals surface area contributed by atoms with E-state index in [-0.39, 0.29) is 18.3 Å². The normalized spacial score (nSPS) is 14.6. The monoisotopic (exact) mass is 588 g/mol. The third-order valence-corrected chi connectivity index (χ3v) is 8.11. The summed E-state index contributed by atoms with van der Waals surface area (Å²) in [5.74, 6) is 2.02. The van der Waals surface area contributed by atoms with E-state index in [1.807, 2.05) is 49.4 Å². The number of benzene rings is 3. The summed E-state index contributed by atoms with van der Waals surface area (Å²) in [7, 11) is 0. The van der Waals surface area contributed by atoms with Crippen molar-refractivity contribution in [2.45, 2.75) is 20.0 Å². The zero-order chi connectivity index (χ0) is 30.0. The van der Waals surface area contributed by atoms with Gasteiger partial charge >= 0.3 is 0 Å². The molecule has 7 rings (SSSR count). The molecule has 0 atom stereocenters. The molecular weight excluding hydrogens is 556 g/mol. The van der Waals surface area contributed by atoms with E-state index in [4.69, 9.17) is 19.4 Å². The number of rotatable bonds is 7. The largest absolute Gasteiger partial charge is 0.454 e. The lowest BCUT2D eigenvalue weighted by atomic mass is 10.1. The molecule has 0 spiro atoms. The van der Waals surface area contributed by atoms with Gasteiger partial charge in [0.2, 0.25) is 12.7 Å². The van der Waals surface area contributed by atoms with Gasteiger partial charge in [-0.2, -0.15) is 4.98 Å². The molecule has 2 aliphatic heterocycles. The summed E-state index contributed by atoms with van der Waals surface area (Å²) in [5.41, 5.74) is 4.51. The molecule has 2 aromatic heterocycles. The number of hydrogen-bond donors (Lipinski definition) is 1. The number of anilines is 1. The zero-order valence-electron chi connectivity index (χ0n) is 24.4. The van der Waals surface area contributed by atoms with Crippen LogP contribution in [-0.2, 0) is 13.1 Å². The van der Waals surface area contributed by atoms with Gasteiger partial charge in [-0.25, -0.2) is 4.98 Å². The minimum absolute atomic E-state index is 0.177. The molecule has 1 N–H and O–H groups in total. The first-order valence-corrected chi connectivity index (χ1v) is 14.7. The number of amides is 1. The number of hydrogen-bond acceptors (Lipinski definition) is 8. The highest BCUT2D eigenvalue weighted by Gasteiger charge is 2.22. The van der Waals surface area contributed by atoms with Crippen LogP contribution < -0.4 is 25.2 Å². The molecule has 10 nitrogen and oxygen atoms in total. The Morgan fingerprint density at radius 3 is 2.41 bits per heavy atom. The molecule has 222 valence electrons. The van der Waals surface area contributed by atoms with E-state index >= 15 is 0 Å². The van der Waals surface area contributed by atoms with Crippen LogP contribution >= 0.6 is 0 Å². The van der Waals surface area contributed by atoms with Crippen LogP contribution in [0.5, 0.6) is 11.5 Å². The minimum atomic E-state index is -0.198. The van der Waals surface area contributed by atoms with Gasteiger partial charge in [0, 0.05) is 56.3 Å². The Morgan fingerprint density at radius 1 is 0.841 bits per heavy atom. The first-order chi connectivity index (χ1) is 21.5. The molecule has 10 heteroatoms. The fourth-order valence-corrected chi connectivity index (χ4v) is 5.69. The number of fused-ring (bicyclic) bond motifs is 2. The van der Waals surface area contributed by atoms with E-state index in [0.717, 1.165) is 60.9 Å². The van der Waals surface area contributed by atoms with Crippen LogP contribution in [0.4, 0.5) is 5.95 Å². The van der Waals surface area contributed by atoms with Gasteiger partial charge in [0.15, 0.2) is 17.1 Å². The Balaban J connectivity index is 1.08. The molecule has 4 heterocycles. The number of carbonyl (C=O) groups excluding carboxylic acids is 1. The molecule has 0 radical (unpaired) electrons. The third-order valence-electron chi connectivity index (χ3n) is 8.11. The Bertz CT molecular complexity index is 1880. The Morgan fingerprint density at radius 2 is 1.61 bits per heavy atom. The molecule has 0 aliphatic carbocycles. The highest BCUT2D eigenvalue weighted by Crippen LogP contribution is 2.33. The highest BCUT2D eigenvalue weighted by molar-refractivity contribution is 5.94. The third kappa shape index (κ3) is 5.59. The van der Waals surface area contributed by atoms with Crippen molar-refractivity contribution >= 4 is 22.9 Å². The van der Waals surface area contributed by atoms with Crippen molar-refractivity contribution in [2.24, 2.45) is 0 Å². The van der Waals surface area contributed by atoms with E-state index in [9.17, 15) is 9.59 Å². The predicted octanol–water partition coefficient (Wildman–Crippen LogP) is 4.07. The predicted molar refractivity (Wildman–Crippen MR) is 168 cm³/mol. The Hall–Kier alpha value is -5.22. The second kappa shape index (κ2) is 11.8. The molecule has 5 aromatic rings.